The summed E-state index contributed by atoms with van der Waals surface area (Å²) in [6.45, 7) is 7.46. The number of nitrogens with zero attached hydrogens (tertiary/aromatic N) is 1. The van der Waals surface area contributed by atoms with E-state index in [1.807, 2.05) is 0 Å². The third-order valence-electron chi connectivity index (χ3n) is 4.27. The minimum atomic E-state index is -0.344. The van der Waals surface area contributed by atoms with E-state index in [1.165, 1.54) is 0 Å². The molecular formula is C17H33N3O2. The molecule has 5 nitrogen and oxygen atoms in total. The number of hydrogen-bond donors (Lipinski definition) is 2. The largest absolute Gasteiger partial charge is 0.350 e. The number of carbonyl (C=O) groups is 2. The molecule has 1 rings (SSSR count). The number of unbranched alkanes of at least 4 members (excludes halogenated alkanes) is 1. The number of rotatable bonds is 9. The molecule has 2 atom stereocenters. The first kappa shape index (κ1) is 18.9. The van der Waals surface area contributed by atoms with Crippen molar-refractivity contribution in [2.24, 2.45) is 11.7 Å². The van der Waals surface area contributed by atoms with Crippen molar-refractivity contribution in [2.75, 3.05) is 13.1 Å². The van der Waals surface area contributed by atoms with E-state index >= 15 is 0 Å². The summed E-state index contributed by atoms with van der Waals surface area (Å²) in [5.41, 5.74) is 5.77. The van der Waals surface area contributed by atoms with Gasteiger partial charge < -0.3 is 16.0 Å². The molecule has 3 N–H and O–H groups in total. The van der Waals surface area contributed by atoms with Gasteiger partial charge >= 0.3 is 0 Å². The summed E-state index contributed by atoms with van der Waals surface area (Å²) in [5.74, 6) is 0.456. The van der Waals surface area contributed by atoms with E-state index in [1.54, 1.807) is 4.90 Å². The fraction of sp³-hybridized carbons (Fsp3) is 0.882. The highest BCUT2D eigenvalue weighted by Crippen LogP contribution is 2.19. The van der Waals surface area contributed by atoms with Crippen LogP contribution in [0.5, 0.6) is 0 Å². The minimum absolute atomic E-state index is 0.0157. The van der Waals surface area contributed by atoms with Crippen molar-refractivity contribution < 1.29 is 9.59 Å². The zero-order chi connectivity index (χ0) is 16.5. The molecule has 0 spiro atoms. The molecule has 0 aromatic heterocycles. The summed E-state index contributed by atoms with van der Waals surface area (Å²) >= 11 is 0. The molecule has 128 valence electrons. The molecule has 1 saturated heterocycles. The summed E-state index contributed by atoms with van der Waals surface area (Å²) in [6.07, 6.45) is 6.25. The van der Waals surface area contributed by atoms with Crippen LogP contribution in [0, 0.1) is 5.92 Å². The van der Waals surface area contributed by atoms with Gasteiger partial charge in [0.15, 0.2) is 0 Å². The highest BCUT2D eigenvalue weighted by molar-refractivity contribution is 5.88. The lowest BCUT2D eigenvalue weighted by atomic mass is 9.98. The van der Waals surface area contributed by atoms with E-state index < -0.39 is 0 Å². The van der Waals surface area contributed by atoms with Gasteiger partial charge in [-0.05, 0) is 31.6 Å². The quantitative estimate of drug-likeness (QED) is 0.684. The van der Waals surface area contributed by atoms with E-state index in [2.05, 4.69) is 26.1 Å². The van der Waals surface area contributed by atoms with Crippen LogP contribution in [0.4, 0.5) is 0 Å². The number of likely N-dealkylation sites (tertiary alicyclic amines) is 1. The first-order valence-corrected chi connectivity index (χ1v) is 8.79. The van der Waals surface area contributed by atoms with Gasteiger partial charge in [-0.3, -0.25) is 9.59 Å². The summed E-state index contributed by atoms with van der Waals surface area (Å²) in [6, 6.07) is -0.328. The van der Waals surface area contributed by atoms with Crippen LogP contribution in [0.25, 0.3) is 0 Å². The number of carbonyl (C=O) groups excluding carboxylic acids is 2. The normalized spacial score (nSPS) is 18.4. The van der Waals surface area contributed by atoms with E-state index in [0.717, 1.165) is 32.1 Å². The lowest BCUT2D eigenvalue weighted by molar-refractivity contribution is -0.143. The fourth-order valence-electron chi connectivity index (χ4n) is 2.98. The Balaban J connectivity index is 2.72. The summed E-state index contributed by atoms with van der Waals surface area (Å²) in [4.78, 5) is 26.6. The van der Waals surface area contributed by atoms with Crippen molar-refractivity contribution in [2.45, 2.75) is 77.8 Å². The molecule has 1 aliphatic heterocycles. The average molecular weight is 311 g/mol. The third-order valence-corrected chi connectivity index (χ3v) is 4.27. The number of amides is 2. The van der Waals surface area contributed by atoms with Crippen LogP contribution >= 0.6 is 0 Å². The van der Waals surface area contributed by atoms with Crippen molar-refractivity contribution in [3.05, 3.63) is 0 Å². The Bertz CT molecular complexity index is 358. The number of piperidine rings is 1. The number of nitrogens with two attached hydrogens (primary N) is 1. The maximum absolute atomic E-state index is 12.7. The Kier molecular flexibility index (Phi) is 8.46. The van der Waals surface area contributed by atoms with Crippen molar-refractivity contribution in [3.8, 4) is 0 Å². The van der Waals surface area contributed by atoms with Gasteiger partial charge in [0.2, 0.25) is 11.8 Å². The molecule has 0 aliphatic carbocycles. The predicted octanol–water partition coefficient (Wildman–Crippen LogP) is 2.05. The maximum Gasteiger partial charge on any atom is 0.243 e. The van der Waals surface area contributed by atoms with E-state index in [-0.39, 0.29) is 23.9 Å². The van der Waals surface area contributed by atoms with Crippen molar-refractivity contribution >= 4 is 11.8 Å². The SMILES string of the molecule is CCCCC(CN)NC(=O)C(CC(C)C)N1CCCCC1=O. The second-order valence-corrected chi connectivity index (χ2v) is 6.77. The standard InChI is InChI=1S/C17H33N3O2/c1-4-5-8-14(12-18)19-17(22)15(11-13(2)3)20-10-7-6-9-16(20)21/h13-15H,4-12,18H2,1-3H3,(H,19,22). The third kappa shape index (κ3) is 5.95. The van der Waals surface area contributed by atoms with Gasteiger partial charge in [0.1, 0.15) is 6.04 Å². The topological polar surface area (TPSA) is 75.4 Å². The number of nitrogens with one attached hydrogen (secondary N) is 1. The molecule has 1 heterocycles. The Labute approximate surface area is 135 Å². The van der Waals surface area contributed by atoms with E-state index in [0.29, 0.717) is 31.8 Å². The van der Waals surface area contributed by atoms with Crippen LogP contribution in [-0.2, 0) is 9.59 Å². The van der Waals surface area contributed by atoms with Crippen molar-refractivity contribution in [1.82, 2.24) is 10.2 Å². The first-order chi connectivity index (χ1) is 10.5. The Morgan fingerprint density at radius 1 is 1.36 bits per heavy atom. The molecule has 2 unspecified atom stereocenters. The average Bonchev–Trinajstić information content (AvgIpc) is 2.49. The van der Waals surface area contributed by atoms with Gasteiger partial charge in [0.05, 0.1) is 0 Å². The second kappa shape index (κ2) is 9.82. The maximum atomic E-state index is 12.7. The molecule has 0 radical (unpaired) electrons. The lowest BCUT2D eigenvalue weighted by Crippen LogP contribution is -2.54. The van der Waals surface area contributed by atoms with Gasteiger partial charge in [0, 0.05) is 25.6 Å². The molecule has 0 bridgehead atoms. The van der Waals surface area contributed by atoms with Crippen LogP contribution < -0.4 is 11.1 Å². The highest BCUT2D eigenvalue weighted by atomic mass is 16.2. The zero-order valence-corrected chi connectivity index (χ0v) is 14.4. The molecule has 5 heteroatoms. The molecule has 0 aromatic carbocycles. The van der Waals surface area contributed by atoms with Crippen molar-refractivity contribution in [3.63, 3.8) is 0 Å². The van der Waals surface area contributed by atoms with Crippen LogP contribution in [0.3, 0.4) is 0 Å². The monoisotopic (exact) mass is 311 g/mol. The molecule has 2 amide bonds. The lowest BCUT2D eigenvalue weighted by Gasteiger charge is -2.35. The highest BCUT2D eigenvalue weighted by Gasteiger charge is 2.32. The van der Waals surface area contributed by atoms with Gasteiger partial charge in [0.25, 0.3) is 0 Å². The zero-order valence-electron chi connectivity index (χ0n) is 14.4. The van der Waals surface area contributed by atoms with Gasteiger partial charge in [-0.1, -0.05) is 33.6 Å². The van der Waals surface area contributed by atoms with Gasteiger partial charge in [-0.25, -0.2) is 0 Å². The minimum Gasteiger partial charge on any atom is -0.350 e. The molecule has 0 saturated carbocycles. The van der Waals surface area contributed by atoms with Gasteiger partial charge in [-0.15, -0.1) is 0 Å². The van der Waals surface area contributed by atoms with Crippen LogP contribution in [-0.4, -0.2) is 41.9 Å². The van der Waals surface area contributed by atoms with Crippen molar-refractivity contribution in [1.29, 1.82) is 0 Å². The Hall–Kier alpha value is -1.10. The summed E-state index contributed by atoms with van der Waals surface area (Å²) in [5, 5.41) is 3.07. The predicted molar refractivity (Wildman–Crippen MR) is 89.3 cm³/mol. The summed E-state index contributed by atoms with van der Waals surface area (Å²) < 4.78 is 0. The fourth-order valence-corrected chi connectivity index (χ4v) is 2.98. The molecule has 1 fully saturated rings. The Morgan fingerprint density at radius 2 is 2.09 bits per heavy atom. The summed E-state index contributed by atoms with van der Waals surface area (Å²) in [7, 11) is 0. The smallest absolute Gasteiger partial charge is 0.243 e. The van der Waals surface area contributed by atoms with Gasteiger partial charge in [-0.2, -0.15) is 0 Å². The molecule has 0 aromatic rings. The molecule has 22 heavy (non-hydrogen) atoms. The number of hydrogen-bond acceptors (Lipinski definition) is 3. The molecule has 1 aliphatic rings. The van der Waals surface area contributed by atoms with Crippen LogP contribution in [0.15, 0.2) is 0 Å². The van der Waals surface area contributed by atoms with E-state index in [9.17, 15) is 9.59 Å². The van der Waals surface area contributed by atoms with Crippen LogP contribution in [0.1, 0.15) is 65.7 Å². The molecular weight excluding hydrogens is 278 g/mol. The second-order valence-electron chi connectivity index (χ2n) is 6.77. The Morgan fingerprint density at radius 3 is 2.64 bits per heavy atom. The van der Waals surface area contributed by atoms with E-state index in [4.69, 9.17) is 5.73 Å². The van der Waals surface area contributed by atoms with Crippen LogP contribution in [0.2, 0.25) is 0 Å². The first-order valence-electron chi connectivity index (χ1n) is 8.79.